The minimum absolute atomic E-state index is 0.0149. The fourth-order valence-electron chi connectivity index (χ4n) is 5.70. The fourth-order valence-corrected chi connectivity index (χ4v) is 5.70. The van der Waals surface area contributed by atoms with Gasteiger partial charge in [-0.2, -0.15) is 0 Å². The Bertz CT molecular complexity index is 913. The maximum Gasteiger partial charge on any atom is 0.224 e. The minimum atomic E-state index is 0.0149. The van der Waals surface area contributed by atoms with Crippen LogP contribution in [0.2, 0.25) is 0 Å². The van der Waals surface area contributed by atoms with Crippen molar-refractivity contribution in [3.63, 3.8) is 0 Å². The van der Waals surface area contributed by atoms with Crippen LogP contribution in [0.3, 0.4) is 0 Å². The smallest absolute Gasteiger partial charge is 0.224 e. The zero-order chi connectivity index (χ0) is 22.6. The largest absolute Gasteiger partial charge is 0.381 e. The van der Waals surface area contributed by atoms with E-state index in [1.54, 1.807) is 0 Å². The number of rotatable bonds is 7. The summed E-state index contributed by atoms with van der Waals surface area (Å²) in [6.45, 7) is 7.49. The second-order valence-electron chi connectivity index (χ2n) is 9.89. The van der Waals surface area contributed by atoms with E-state index >= 15 is 0 Å². The Hall–Kier alpha value is -2.51. The Morgan fingerprint density at radius 2 is 1.76 bits per heavy atom. The van der Waals surface area contributed by atoms with E-state index in [-0.39, 0.29) is 5.91 Å². The molecule has 33 heavy (non-hydrogen) atoms. The average Bonchev–Trinajstić information content (AvgIpc) is 3.38. The van der Waals surface area contributed by atoms with Crippen LogP contribution in [0.25, 0.3) is 11.3 Å². The monoisotopic (exact) mass is 449 g/mol. The maximum atomic E-state index is 11.5. The molecular weight excluding hydrogens is 414 g/mol. The van der Waals surface area contributed by atoms with E-state index in [0.717, 1.165) is 53.7 Å². The predicted molar refractivity (Wildman–Crippen MR) is 130 cm³/mol. The Morgan fingerprint density at radius 1 is 1.03 bits per heavy atom. The number of benzene rings is 1. The van der Waals surface area contributed by atoms with Crippen LogP contribution < -0.4 is 10.6 Å². The van der Waals surface area contributed by atoms with Crippen LogP contribution in [0.1, 0.15) is 39.0 Å². The molecule has 2 aliphatic heterocycles. The van der Waals surface area contributed by atoms with Crippen molar-refractivity contribution in [3.05, 3.63) is 36.4 Å². The minimum Gasteiger partial charge on any atom is -0.381 e. The number of fused-ring (bicyclic) bond motifs is 1. The van der Waals surface area contributed by atoms with Crippen molar-refractivity contribution in [1.29, 1.82) is 0 Å². The van der Waals surface area contributed by atoms with Crippen LogP contribution in [0, 0.1) is 17.8 Å². The molecule has 2 N–H and O–H groups in total. The molecular formula is C26H35N5O2. The van der Waals surface area contributed by atoms with Crippen LogP contribution in [0.5, 0.6) is 0 Å². The van der Waals surface area contributed by atoms with Crippen LogP contribution in [-0.4, -0.2) is 59.9 Å². The van der Waals surface area contributed by atoms with Crippen molar-refractivity contribution < 1.29 is 9.53 Å². The SMILES string of the molecule is CCC(=O)Nc1ccc(-c2ccc(NC3CC4CN(CC5CCOCC5)C[C@H]4C3)nn2)cc1. The highest BCUT2D eigenvalue weighted by Crippen LogP contribution is 2.39. The van der Waals surface area contributed by atoms with E-state index in [0.29, 0.717) is 12.5 Å². The number of carbonyl (C=O) groups is 1. The van der Waals surface area contributed by atoms with Crippen molar-refractivity contribution in [2.24, 2.45) is 17.8 Å². The van der Waals surface area contributed by atoms with Crippen molar-refractivity contribution in [3.8, 4) is 11.3 Å². The highest BCUT2D eigenvalue weighted by Gasteiger charge is 2.41. The van der Waals surface area contributed by atoms with Gasteiger partial charge in [0.25, 0.3) is 0 Å². The second kappa shape index (κ2) is 10.2. The Morgan fingerprint density at radius 3 is 2.39 bits per heavy atom. The molecule has 0 bridgehead atoms. The highest BCUT2D eigenvalue weighted by molar-refractivity contribution is 5.90. The van der Waals surface area contributed by atoms with Gasteiger partial charge in [-0.1, -0.05) is 19.1 Å². The molecule has 1 saturated carbocycles. The highest BCUT2D eigenvalue weighted by atomic mass is 16.5. The first-order chi connectivity index (χ1) is 16.2. The van der Waals surface area contributed by atoms with Gasteiger partial charge in [0.05, 0.1) is 5.69 Å². The lowest BCUT2D eigenvalue weighted by atomic mass is 10.00. The molecule has 0 radical (unpaired) electrons. The second-order valence-corrected chi connectivity index (χ2v) is 9.89. The number of hydrogen-bond acceptors (Lipinski definition) is 6. The summed E-state index contributed by atoms with van der Waals surface area (Å²) in [6, 6.07) is 12.3. The summed E-state index contributed by atoms with van der Waals surface area (Å²) in [5, 5.41) is 15.4. The van der Waals surface area contributed by atoms with E-state index in [2.05, 4.69) is 25.7 Å². The lowest BCUT2D eigenvalue weighted by Crippen LogP contribution is -2.32. The number of nitrogens with zero attached hydrogens (tertiary/aromatic N) is 3. The summed E-state index contributed by atoms with van der Waals surface area (Å²) in [5.74, 6) is 3.31. The Kier molecular flexibility index (Phi) is 6.88. The van der Waals surface area contributed by atoms with Crippen LogP contribution >= 0.6 is 0 Å². The third-order valence-corrected chi connectivity index (χ3v) is 7.49. The van der Waals surface area contributed by atoms with Gasteiger partial charge >= 0.3 is 0 Å². The molecule has 2 aromatic rings. The van der Waals surface area contributed by atoms with Gasteiger partial charge in [0, 0.05) is 56.6 Å². The molecule has 3 fully saturated rings. The normalized spacial score (nSPS) is 25.7. The molecule has 7 heteroatoms. The number of nitrogens with one attached hydrogen (secondary N) is 2. The van der Waals surface area contributed by atoms with Crippen LogP contribution in [0.15, 0.2) is 36.4 Å². The third-order valence-electron chi connectivity index (χ3n) is 7.49. The first-order valence-electron chi connectivity index (χ1n) is 12.5. The quantitative estimate of drug-likeness (QED) is 0.664. The van der Waals surface area contributed by atoms with Gasteiger partial charge in [0.1, 0.15) is 5.82 Å². The number of amides is 1. The van der Waals surface area contributed by atoms with E-state index in [1.165, 1.54) is 45.3 Å². The lowest BCUT2D eigenvalue weighted by Gasteiger charge is -2.27. The van der Waals surface area contributed by atoms with E-state index in [1.807, 2.05) is 43.3 Å². The first-order valence-corrected chi connectivity index (χ1v) is 12.5. The van der Waals surface area contributed by atoms with Gasteiger partial charge < -0.3 is 20.3 Å². The van der Waals surface area contributed by atoms with E-state index in [4.69, 9.17) is 4.74 Å². The van der Waals surface area contributed by atoms with Gasteiger partial charge in [0.2, 0.25) is 5.91 Å². The molecule has 3 atom stereocenters. The molecule has 1 amide bonds. The Labute approximate surface area is 196 Å². The molecule has 1 aromatic carbocycles. The van der Waals surface area contributed by atoms with Crippen molar-refractivity contribution in [2.75, 3.05) is 43.5 Å². The molecule has 5 rings (SSSR count). The van der Waals surface area contributed by atoms with Crippen molar-refractivity contribution in [2.45, 2.75) is 45.1 Å². The number of aromatic nitrogens is 2. The van der Waals surface area contributed by atoms with Crippen LogP contribution in [-0.2, 0) is 9.53 Å². The summed E-state index contributed by atoms with van der Waals surface area (Å²) in [4.78, 5) is 14.2. The molecule has 1 aliphatic carbocycles. The van der Waals surface area contributed by atoms with E-state index in [9.17, 15) is 4.79 Å². The lowest BCUT2D eigenvalue weighted by molar-refractivity contribution is -0.115. The first kappa shape index (κ1) is 22.3. The topological polar surface area (TPSA) is 79.4 Å². The summed E-state index contributed by atoms with van der Waals surface area (Å²) < 4.78 is 5.51. The van der Waals surface area contributed by atoms with Gasteiger partial charge in [-0.05, 0) is 67.7 Å². The standard InChI is InChI=1S/C26H35N5O2/c1-2-26(32)28-22-5-3-19(4-6-22)24-7-8-25(30-29-24)27-23-13-20-16-31(17-21(20)14-23)15-18-9-11-33-12-10-18/h3-8,18,20-21,23H,2,9-17H2,1H3,(H,27,30)(H,28,32)/t20-,21?,23?/m1/s1. The molecule has 176 valence electrons. The van der Waals surface area contributed by atoms with Gasteiger partial charge in [-0.3, -0.25) is 4.79 Å². The number of likely N-dealkylation sites (tertiary alicyclic amines) is 1. The molecule has 0 spiro atoms. The summed E-state index contributed by atoms with van der Waals surface area (Å²) >= 11 is 0. The third kappa shape index (κ3) is 5.53. The van der Waals surface area contributed by atoms with Gasteiger partial charge in [-0.25, -0.2) is 0 Å². The number of ether oxygens (including phenoxy) is 1. The fraction of sp³-hybridized carbons (Fsp3) is 0.577. The molecule has 2 unspecified atom stereocenters. The molecule has 7 nitrogen and oxygen atoms in total. The zero-order valence-corrected chi connectivity index (χ0v) is 19.5. The molecule has 1 aromatic heterocycles. The molecule has 3 heterocycles. The maximum absolute atomic E-state index is 11.5. The van der Waals surface area contributed by atoms with Crippen molar-refractivity contribution >= 4 is 17.4 Å². The molecule has 3 aliphatic rings. The zero-order valence-electron chi connectivity index (χ0n) is 19.5. The summed E-state index contributed by atoms with van der Waals surface area (Å²) in [6.07, 6.45) is 5.37. The van der Waals surface area contributed by atoms with E-state index < -0.39 is 0 Å². The number of anilines is 2. The van der Waals surface area contributed by atoms with Crippen molar-refractivity contribution in [1.82, 2.24) is 15.1 Å². The number of hydrogen-bond donors (Lipinski definition) is 2. The Balaban J connectivity index is 1.10. The average molecular weight is 450 g/mol. The van der Waals surface area contributed by atoms with Gasteiger partial charge in [-0.15, -0.1) is 10.2 Å². The predicted octanol–water partition coefficient (Wildman–Crippen LogP) is 4.04. The van der Waals surface area contributed by atoms with Crippen LogP contribution in [0.4, 0.5) is 11.5 Å². The van der Waals surface area contributed by atoms with Gasteiger partial charge in [0.15, 0.2) is 0 Å². The molecule has 2 saturated heterocycles. The number of carbonyl (C=O) groups excluding carboxylic acids is 1. The summed E-state index contributed by atoms with van der Waals surface area (Å²) in [5.41, 5.74) is 2.62. The summed E-state index contributed by atoms with van der Waals surface area (Å²) in [7, 11) is 0.